The smallest absolute Gasteiger partial charge is 0.277 e. The monoisotopic (exact) mass is 377 g/mol. The number of halogens is 2. The summed E-state index contributed by atoms with van der Waals surface area (Å²) in [6, 6.07) is 13.4. The Bertz CT molecular complexity index is 888. The van der Waals surface area contributed by atoms with Gasteiger partial charge in [-0.25, -0.2) is 4.39 Å². The predicted molar refractivity (Wildman–Crippen MR) is 93.7 cm³/mol. The van der Waals surface area contributed by atoms with Crippen LogP contribution in [0.3, 0.4) is 0 Å². The Morgan fingerprint density at radius 2 is 1.92 bits per heavy atom. The molecule has 0 aliphatic carbocycles. The van der Waals surface area contributed by atoms with Crippen molar-refractivity contribution in [3.8, 4) is 11.5 Å². The first-order valence-electron chi connectivity index (χ1n) is 7.35. The molecular formula is C17H13ClFN3O2S. The van der Waals surface area contributed by atoms with Crippen LogP contribution < -0.4 is 5.32 Å². The zero-order valence-corrected chi connectivity index (χ0v) is 14.5. The SMILES string of the molecule is O=C(CSc1nnc(-c2ccccc2F)o1)NCc1ccccc1Cl. The average molecular weight is 378 g/mol. The Kier molecular flexibility index (Phi) is 5.67. The molecule has 1 N–H and O–H groups in total. The molecule has 0 radical (unpaired) electrons. The summed E-state index contributed by atoms with van der Waals surface area (Å²) in [6.07, 6.45) is 0. The van der Waals surface area contributed by atoms with Crippen molar-refractivity contribution in [2.45, 2.75) is 11.8 Å². The summed E-state index contributed by atoms with van der Waals surface area (Å²) >= 11 is 7.12. The lowest BCUT2D eigenvalue weighted by molar-refractivity contribution is -0.118. The molecule has 0 atom stereocenters. The maximum atomic E-state index is 13.7. The normalized spacial score (nSPS) is 10.6. The van der Waals surface area contributed by atoms with Crippen molar-refractivity contribution in [1.29, 1.82) is 0 Å². The summed E-state index contributed by atoms with van der Waals surface area (Å²) < 4.78 is 19.1. The highest BCUT2D eigenvalue weighted by atomic mass is 35.5. The third-order valence-corrected chi connectivity index (χ3v) is 4.46. The van der Waals surface area contributed by atoms with E-state index in [-0.39, 0.29) is 28.3 Å². The van der Waals surface area contributed by atoms with E-state index in [2.05, 4.69) is 15.5 Å². The Hall–Kier alpha value is -2.38. The van der Waals surface area contributed by atoms with Crippen molar-refractivity contribution in [3.05, 3.63) is 64.9 Å². The van der Waals surface area contributed by atoms with Gasteiger partial charge in [0.1, 0.15) is 5.82 Å². The van der Waals surface area contributed by atoms with E-state index in [9.17, 15) is 9.18 Å². The third-order valence-electron chi connectivity index (χ3n) is 3.27. The molecule has 3 rings (SSSR count). The van der Waals surface area contributed by atoms with Gasteiger partial charge in [-0.15, -0.1) is 10.2 Å². The number of nitrogens with zero attached hydrogens (tertiary/aromatic N) is 2. The summed E-state index contributed by atoms with van der Waals surface area (Å²) in [7, 11) is 0. The first-order valence-corrected chi connectivity index (χ1v) is 8.71. The Balaban J connectivity index is 1.53. The molecule has 0 aliphatic heterocycles. The molecule has 1 heterocycles. The highest BCUT2D eigenvalue weighted by Gasteiger charge is 2.14. The van der Waals surface area contributed by atoms with Crippen molar-refractivity contribution in [2.75, 3.05) is 5.75 Å². The number of amides is 1. The number of nitrogens with one attached hydrogen (secondary N) is 1. The molecule has 1 amide bonds. The number of carbonyl (C=O) groups excluding carboxylic acids is 1. The maximum Gasteiger partial charge on any atom is 0.277 e. The van der Waals surface area contributed by atoms with E-state index in [1.165, 1.54) is 6.07 Å². The Morgan fingerprint density at radius 3 is 2.72 bits per heavy atom. The van der Waals surface area contributed by atoms with Gasteiger partial charge in [-0.2, -0.15) is 0 Å². The highest BCUT2D eigenvalue weighted by molar-refractivity contribution is 7.99. The molecule has 3 aromatic rings. The summed E-state index contributed by atoms with van der Waals surface area (Å²) in [4.78, 5) is 11.9. The molecule has 1 aromatic heterocycles. The van der Waals surface area contributed by atoms with Crippen LogP contribution in [0.5, 0.6) is 0 Å². The van der Waals surface area contributed by atoms with Gasteiger partial charge in [-0.3, -0.25) is 4.79 Å². The molecular weight excluding hydrogens is 365 g/mol. The molecule has 0 spiro atoms. The van der Waals surface area contributed by atoms with Gasteiger partial charge >= 0.3 is 0 Å². The van der Waals surface area contributed by atoms with Crippen LogP contribution in [0.2, 0.25) is 5.02 Å². The van der Waals surface area contributed by atoms with Gasteiger partial charge in [0, 0.05) is 11.6 Å². The third kappa shape index (κ3) is 4.58. The minimum absolute atomic E-state index is 0.0806. The van der Waals surface area contributed by atoms with Crippen LogP contribution in [0.15, 0.2) is 58.2 Å². The van der Waals surface area contributed by atoms with E-state index in [4.69, 9.17) is 16.0 Å². The van der Waals surface area contributed by atoms with Crippen molar-refractivity contribution in [1.82, 2.24) is 15.5 Å². The Morgan fingerprint density at radius 1 is 1.16 bits per heavy atom. The van der Waals surface area contributed by atoms with Crippen LogP contribution in [0.4, 0.5) is 4.39 Å². The molecule has 0 aliphatic rings. The van der Waals surface area contributed by atoms with Crippen molar-refractivity contribution < 1.29 is 13.6 Å². The van der Waals surface area contributed by atoms with Gasteiger partial charge in [0.05, 0.1) is 11.3 Å². The lowest BCUT2D eigenvalue weighted by Crippen LogP contribution is -2.24. The minimum atomic E-state index is -0.444. The molecule has 25 heavy (non-hydrogen) atoms. The predicted octanol–water partition coefficient (Wildman–Crippen LogP) is 3.94. The molecule has 0 saturated heterocycles. The van der Waals surface area contributed by atoms with Crippen LogP contribution in [0.25, 0.3) is 11.5 Å². The molecule has 0 fully saturated rings. The highest BCUT2D eigenvalue weighted by Crippen LogP contribution is 2.25. The molecule has 0 saturated carbocycles. The average Bonchev–Trinajstić information content (AvgIpc) is 3.08. The summed E-state index contributed by atoms with van der Waals surface area (Å²) in [5.41, 5.74) is 1.06. The van der Waals surface area contributed by atoms with E-state index >= 15 is 0 Å². The number of hydrogen-bond acceptors (Lipinski definition) is 5. The number of hydrogen-bond donors (Lipinski definition) is 1. The first-order chi connectivity index (χ1) is 12.1. The number of carbonyl (C=O) groups is 1. The van der Waals surface area contributed by atoms with Gasteiger partial charge in [0.25, 0.3) is 11.1 Å². The lowest BCUT2D eigenvalue weighted by Gasteiger charge is -2.05. The number of thioether (sulfide) groups is 1. The van der Waals surface area contributed by atoms with Gasteiger partial charge in [0.2, 0.25) is 5.91 Å². The fraction of sp³-hybridized carbons (Fsp3) is 0.118. The second kappa shape index (κ2) is 8.13. The second-order valence-electron chi connectivity index (χ2n) is 5.01. The van der Waals surface area contributed by atoms with Crippen LogP contribution in [-0.4, -0.2) is 21.9 Å². The molecule has 0 bridgehead atoms. The standard InChI is InChI=1S/C17H13ClFN3O2S/c18-13-7-3-1-5-11(13)9-20-15(23)10-25-17-22-21-16(24-17)12-6-2-4-8-14(12)19/h1-8H,9-10H2,(H,20,23). The van der Waals surface area contributed by atoms with Gasteiger partial charge in [-0.05, 0) is 23.8 Å². The van der Waals surface area contributed by atoms with Crippen molar-refractivity contribution in [2.24, 2.45) is 0 Å². The van der Waals surface area contributed by atoms with E-state index in [1.54, 1.807) is 24.3 Å². The largest absolute Gasteiger partial charge is 0.411 e. The lowest BCUT2D eigenvalue weighted by atomic mass is 10.2. The van der Waals surface area contributed by atoms with Gasteiger partial charge in [-0.1, -0.05) is 53.7 Å². The van der Waals surface area contributed by atoms with Crippen molar-refractivity contribution in [3.63, 3.8) is 0 Å². The number of benzene rings is 2. The number of rotatable bonds is 6. The van der Waals surface area contributed by atoms with Crippen LogP contribution in [-0.2, 0) is 11.3 Å². The second-order valence-corrected chi connectivity index (χ2v) is 6.34. The van der Waals surface area contributed by atoms with E-state index < -0.39 is 5.82 Å². The van der Waals surface area contributed by atoms with E-state index in [0.717, 1.165) is 17.3 Å². The zero-order chi connectivity index (χ0) is 17.6. The van der Waals surface area contributed by atoms with Crippen LogP contribution in [0.1, 0.15) is 5.56 Å². The Labute approximate surface area is 152 Å². The number of aromatic nitrogens is 2. The van der Waals surface area contributed by atoms with Gasteiger partial charge < -0.3 is 9.73 Å². The van der Waals surface area contributed by atoms with Gasteiger partial charge in [0.15, 0.2) is 0 Å². The minimum Gasteiger partial charge on any atom is -0.411 e. The maximum absolute atomic E-state index is 13.7. The quantitative estimate of drug-likeness (QED) is 0.659. The summed E-state index contributed by atoms with van der Waals surface area (Å²) in [5, 5.41) is 11.2. The van der Waals surface area contributed by atoms with E-state index in [0.29, 0.717) is 11.6 Å². The molecule has 0 unspecified atom stereocenters. The molecule has 5 nitrogen and oxygen atoms in total. The summed E-state index contributed by atoms with van der Waals surface area (Å²) in [5.74, 6) is -0.462. The van der Waals surface area contributed by atoms with Crippen LogP contribution in [0, 0.1) is 5.82 Å². The fourth-order valence-electron chi connectivity index (χ4n) is 2.03. The summed E-state index contributed by atoms with van der Waals surface area (Å²) in [6.45, 7) is 0.337. The van der Waals surface area contributed by atoms with Crippen LogP contribution >= 0.6 is 23.4 Å². The van der Waals surface area contributed by atoms with Crippen molar-refractivity contribution >= 4 is 29.3 Å². The topological polar surface area (TPSA) is 68.0 Å². The van der Waals surface area contributed by atoms with E-state index in [1.807, 2.05) is 18.2 Å². The molecule has 8 heteroatoms. The molecule has 128 valence electrons. The fourth-order valence-corrected chi connectivity index (χ4v) is 2.82. The molecule has 2 aromatic carbocycles. The zero-order valence-electron chi connectivity index (χ0n) is 12.9. The first kappa shape index (κ1) is 17.4.